The van der Waals surface area contributed by atoms with E-state index in [0.29, 0.717) is 17.1 Å². The molecule has 7 nitrogen and oxygen atoms in total. The van der Waals surface area contributed by atoms with Crippen LogP contribution in [0, 0.1) is 0 Å². The minimum Gasteiger partial charge on any atom is -0.355 e. The number of alkyl halides is 3. The number of rotatable bonds is 11. The van der Waals surface area contributed by atoms with Crippen molar-refractivity contribution in [3.8, 4) is 0 Å². The first-order valence-electron chi connectivity index (χ1n) is 11.3. The van der Waals surface area contributed by atoms with E-state index in [0.717, 1.165) is 28.8 Å². The summed E-state index contributed by atoms with van der Waals surface area (Å²) in [4.78, 5) is 27.0. The molecular weight excluding hydrogens is 554 g/mol. The highest BCUT2D eigenvalue weighted by molar-refractivity contribution is 7.92. The van der Waals surface area contributed by atoms with Gasteiger partial charge in [0.25, 0.3) is 0 Å². The third-order valence-electron chi connectivity index (χ3n) is 5.47. The second-order valence-electron chi connectivity index (χ2n) is 8.33. The molecule has 0 aromatic heterocycles. The summed E-state index contributed by atoms with van der Waals surface area (Å²) in [5.41, 5.74) is -0.521. The molecule has 0 aliphatic rings. The van der Waals surface area contributed by atoms with E-state index < -0.39 is 33.7 Å². The minimum atomic E-state index is -4.64. The third-order valence-corrected chi connectivity index (χ3v) is 7.40. The van der Waals surface area contributed by atoms with Gasteiger partial charge in [-0.1, -0.05) is 35.3 Å². The number of amides is 2. The van der Waals surface area contributed by atoms with Crippen LogP contribution in [-0.2, 0) is 32.3 Å². The summed E-state index contributed by atoms with van der Waals surface area (Å²) in [6.07, 6.45) is -3.92. The molecule has 204 valence electrons. The van der Waals surface area contributed by atoms with Crippen molar-refractivity contribution in [1.82, 2.24) is 10.2 Å². The highest BCUT2D eigenvalue weighted by atomic mass is 35.5. The fourth-order valence-corrected chi connectivity index (χ4v) is 4.86. The summed E-state index contributed by atoms with van der Waals surface area (Å²) in [5, 5.41) is 3.27. The summed E-state index contributed by atoms with van der Waals surface area (Å²) < 4.78 is 64.9. The molecule has 37 heavy (non-hydrogen) atoms. The van der Waals surface area contributed by atoms with Crippen LogP contribution >= 0.6 is 23.2 Å². The van der Waals surface area contributed by atoms with Gasteiger partial charge in [-0.05, 0) is 56.2 Å². The fraction of sp³-hybridized carbons (Fsp3) is 0.417. The Labute approximate surface area is 224 Å². The zero-order valence-corrected chi connectivity index (χ0v) is 22.8. The van der Waals surface area contributed by atoms with Crippen molar-refractivity contribution in [2.45, 2.75) is 45.5 Å². The average Bonchev–Trinajstić information content (AvgIpc) is 2.80. The second-order valence-corrected chi connectivity index (χ2v) is 11.0. The van der Waals surface area contributed by atoms with Crippen LogP contribution < -0.4 is 9.62 Å². The van der Waals surface area contributed by atoms with E-state index in [-0.39, 0.29) is 42.5 Å². The third kappa shape index (κ3) is 8.79. The van der Waals surface area contributed by atoms with Crippen LogP contribution in [0.25, 0.3) is 0 Å². The van der Waals surface area contributed by atoms with Crippen LogP contribution in [0.5, 0.6) is 0 Å². The van der Waals surface area contributed by atoms with E-state index in [1.165, 1.54) is 11.0 Å². The van der Waals surface area contributed by atoms with Crippen LogP contribution in [0.2, 0.25) is 10.0 Å². The number of carbonyl (C=O) groups is 2. The Kier molecular flexibility index (Phi) is 10.7. The van der Waals surface area contributed by atoms with Gasteiger partial charge < -0.3 is 10.2 Å². The summed E-state index contributed by atoms with van der Waals surface area (Å²) in [5.74, 6) is -0.819. The van der Waals surface area contributed by atoms with E-state index in [2.05, 4.69) is 5.32 Å². The number of benzene rings is 2. The van der Waals surface area contributed by atoms with Gasteiger partial charge in [0, 0.05) is 26.1 Å². The van der Waals surface area contributed by atoms with Gasteiger partial charge >= 0.3 is 6.18 Å². The average molecular weight is 582 g/mol. The van der Waals surface area contributed by atoms with E-state index >= 15 is 0 Å². The maximum absolute atomic E-state index is 13.2. The predicted octanol–water partition coefficient (Wildman–Crippen LogP) is 5.11. The summed E-state index contributed by atoms with van der Waals surface area (Å²) in [6, 6.07) is 7.92. The Morgan fingerprint density at radius 3 is 2.32 bits per heavy atom. The van der Waals surface area contributed by atoms with Crippen molar-refractivity contribution in [3.63, 3.8) is 0 Å². The Morgan fingerprint density at radius 2 is 1.76 bits per heavy atom. The lowest BCUT2D eigenvalue weighted by molar-refractivity contribution is -0.140. The van der Waals surface area contributed by atoms with E-state index in [4.69, 9.17) is 23.2 Å². The standard InChI is InChI=1S/C24H28Cl2F3N3O4S/c1-4-30-23(34)16(2)31(15-17-10-11-20(25)21(26)13-17)22(33)9-6-12-32(37(3,35)36)19-8-5-7-18(14-19)24(27,28)29/h5,7-8,10-11,13-14,16H,4,6,9,12,15H2,1-3H3,(H,30,34)/t16-/m1/s1. The molecule has 2 aromatic rings. The number of sulfonamides is 1. The molecule has 2 amide bonds. The van der Waals surface area contributed by atoms with Gasteiger partial charge in [0.1, 0.15) is 6.04 Å². The van der Waals surface area contributed by atoms with Crippen molar-refractivity contribution in [2.24, 2.45) is 0 Å². The molecule has 0 spiro atoms. The highest BCUT2D eigenvalue weighted by Gasteiger charge is 2.32. The van der Waals surface area contributed by atoms with Crippen molar-refractivity contribution in [1.29, 1.82) is 0 Å². The van der Waals surface area contributed by atoms with Crippen molar-refractivity contribution >= 4 is 50.7 Å². The number of carbonyl (C=O) groups excluding carboxylic acids is 2. The number of hydrogen-bond acceptors (Lipinski definition) is 4. The first-order valence-corrected chi connectivity index (χ1v) is 13.9. The van der Waals surface area contributed by atoms with Crippen LogP contribution in [0.3, 0.4) is 0 Å². The maximum atomic E-state index is 13.2. The molecule has 0 unspecified atom stereocenters. The first kappa shape index (κ1) is 30.7. The first-order chi connectivity index (χ1) is 17.1. The number of nitrogens with zero attached hydrogens (tertiary/aromatic N) is 2. The number of nitrogens with one attached hydrogen (secondary N) is 1. The van der Waals surface area contributed by atoms with Gasteiger partial charge in [0.2, 0.25) is 21.8 Å². The summed E-state index contributed by atoms with van der Waals surface area (Å²) in [6.45, 7) is 3.47. The molecule has 0 aliphatic heterocycles. The molecule has 2 rings (SSSR count). The van der Waals surface area contributed by atoms with Crippen LogP contribution in [0.15, 0.2) is 42.5 Å². The molecule has 13 heteroatoms. The molecule has 0 aliphatic carbocycles. The van der Waals surface area contributed by atoms with Gasteiger partial charge in [-0.2, -0.15) is 13.2 Å². The number of likely N-dealkylation sites (N-methyl/N-ethyl adjacent to an activating group) is 1. The van der Waals surface area contributed by atoms with E-state index in [1.807, 2.05) is 0 Å². The normalized spacial score (nSPS) is 12.6. The van der Waals surface area contributed by atoms with E-state index in [1.54, 1.807) is 32.0 Å². The minimum absolute atomic E-state index is 0.00212. The number of hydrogen-bond donors (Lipinski definition) is 1. The smallest absolute Gasteiger partial charge is 0.355 e. The SMILES string of the molecule is CCNC(=O)[C@@H](C)N(Cc1ccc(Cl)c(Cl)c1)C(=O)CCCN(c1cccc(C(F)(F)F)c1)S(C)(=O)=O. The van der Waals surface area contributed by atoms with Crippen LogP contribution in [0.4, 0.5) is 18.9 Å². The molecule has 0 saturated heterocycles. The molecule has 0 heterocycles. The van der Waals surface area contributed by atoms with E-state index in [9.17, 15) is 31.2 Å². The number of anilines is 1. The van der Waals surface area contributed by atoms with Crippen molar-refractivity contribution in [2.75, 3.05) is 23.7 Å². The topological polar surface area (TPSA) is 86.8 Å². The molecule has 1 N–H and O–H groups in total. The van der Waals surface area contributed by atoms with Crippen molar-refractivity contribution < 1.29 is 31.2 Å². The van der Waals surface area contributed by atoms with Gasteiger partial charge in [-0.25, -0.2) is 8.42 Å². The Bertz CT molecular complexity index is 1230. The number of halogens is 5. The molecule has 0 bridgehead atoms. The summed E-state index contributed by atoms with van der Waals surface area (Å²) >= 11 is 12.0. The maximum Gasteiger partial charge on any atom is 0.416 e. The van der Waals surface area contributed by atoms with Gasteiger partial charge in [-0.3, -0.25) is 13.9 Å². The Morgan fingerprint density at radius 1 is 1.08 bits per heavy atom. The van der Waals surface area contributed by atoms with Crippen molar-refractivity contribution in [3.05, 3.63) is 63.6 Å². The lowest BCUT2D eigenvalue weighted by Gasteiger charge is -2.29. The van der Waals surface area contributed by atoms with Gasteiger partial charge in [-0.15, -0.1) is 0 Å². The lowest BCUT2D eigenvalue weighted by atomic mass is 10.1. The quantitative estimate of drug-likeness (QED) is 0.399. The molecule has 2 aromatic carbocycles. The monoisotopic (exact) mass is 581 g/mol. The predicted molar refractivity (Wildman–Crippen MR) is 138 cm³/mol. The Balaban J connectivity index is 2.22. The summed E-state index contributed by atoms with van der Waals surface area (Å²) in [7, 11) is -3.94. The molecule has 0 saturated carbocycles. The lowest BCUT2D eigenvalue weighted by Crippen LogP contribution is -2.47. The molecule has 1 atom stereocenters. The van der Waals surface area contributed by atoms with Gasteiger partial charge in [0.05, 0.1) is 27.6 Å². The zero-order valence-electron chi connectivity index (χ0n) is 20.5. The highest BCUT2D eigenvalue weighted by Crippen LogP contribution is 2.32. The van der Waals surface area contributed by atoms with Crippen LogP contribution in [-0.4, -0.2) is 50.5 Å². The van der Waals surface area contributed by atoms with Crippen LogP contribution in [0.1, 0.15) is 37.8 Å². The second kappa shape index (κ2) is 12.8. The molecule has 0 radical (unpaired) electrons. The van der Waals surface area contributed by atoms with Gasteiger partial charge in [0.15, 0.2) is 0 Å². The Hall–Kier alpha value is -2.50. The fourth-order valence-electron chi connectivity index (χ4n) is 3.58. The largest absolute Gasteiger partial charge is 0.416 e. The zero-order chi connectivity index (χ0) is 28.0. The molecular formula is C24H28Cl2F3N3O4S. The molecule has 0 fully saturated rings.